The molecule has 0 aliphatic carbocycles. The van der Waals surface area contributed by atoms with Crippen molar-refractivity contribution in [2.45, 2.75) is 18.9 Å². The Hall–Kier alpha value is -2.37. The predicted molar refractivity (Wildman–Crippen MR) is 79.2 cm³/mol. The van der Waals surface area contributed by atoms with Gasteiger partial charge in [-0.05, 0) is 43.2 Å². The highest BCUT2D eigenvalue weighted by Crippen LogP contribution is 2.21. The minimum Gasteiger partial charge on any atom is -0.491 e. The maximum absolute atomic E-state index is 12.9. The van der Waals surface area contributed by atoms with Gasteiger partial charge in [-0.15, -0.1) is 0 Å². The number of aryl methyl sites for hydroxylation is 1. The van der Waals surface area contributed by atoms with Crippen LogP contribution in [0.2, 0.25) is 0 Å². The molecule has 3 rings (SSSR count). The Morgan fingerprint density at radius 1 is 1.36 bits per heavy atom. The van der Waals surface area contributed by atoms with Crippen LogP contribution in [-0.4, -0.2) is 39.8 Å². The molecule has 1 fully saturated rings. The van der Waals surface area contributed by atoms with Crippen LogP contribution in [0.4, 0.5) is 4.39 Å². The molecule has 1 amide bonds. The van der Waals surface area contributed by atoms with Gasteiger partial charge in [-0.3, -0.25) is 9.48 Å². The third-order valence-electron chi connectivity index (χ3n) is 3.93. The van der Waals surface area contributed by atoms with E-state index in [1.165, 1.54) is 12.1 Å². The molecule has 2 heterocycles. The van der Waals surface area contributed by atoms with Gasteiger partial charge in [0.15, 0.2) is 0 Å². The number of hydrogen-bond acceptors (Lipinski definition) is 3. The predicted octanol–water partition coefficient (Wildman–Crippen LogP) is 2.24. The number of rotatable bonds is 4. The van der Waals surface area contributed by atoms with E-state index in [0.29, 0.717) is 18.1 Å². The standard InChI is InChI=1S/C16H18FN3O2/c1-19-15(8-9-18-19)16(21)20-10-2-3-13(20)11-22-14-6-4-12(17)5-7-14/h4-9,13H,2-3,10-11H2,1H3/t13-/m1/s1. The highest BCUT2D eigenvalue weighted by atomic mass is 19.1. The molecule has 0 spiro atoms. The summed E-state index contributed by atoms with van der Waals surface area (Å²) in [7, 11) is 1.76. The Morgan fingerprint density at radius 2 is 2.14 bits per heavy atom. The average Bonchev–Trinajstić information content (AvgIpc) is 3.15. The monoisotopic (exact) mass is 303 g/mol. The summed E-state index contributed by atoms with van der Waals surface area (Å²) in [5.41, 5.74) is 0.577. The number of amides is 1. The second-order valence-corrected chi connectivity index (χ2v) is 5.40. The number of ether oxygens (including phenoxy) is 1. The van der Waals surface area contributed by atoms with Gasteiger partial charge >= 0.3 is 0 Å². The van der Waals surface area contributed by atoms with E-state index < -0.39 is 0 Å². The largest absolute Gasteiger partial charge is 0.491 e. The second kappa shape index (κ2) is 6.17. The van der Waals surface area contributed by atoms with Crippen LogP contribution in [0.25, 0.3) is 0 Å². The summed E-state index contributed by atoms with van der Waals surface area (Å²) in [6, 6.07) is 7.67. The quantitative estimate of drug-likeness (QED) is 0.870. The van der Waals surface area contributed by atoms with Gasteiger partial charge in [0, 0.05) is 19.8 Å². The summed E-state index contributed by atoms with van der Waals surface area (Å²) < 4.78 is 20.1. The van der Waals surface area contributed by atoms with E-state index in [0.717, 1.165) is 19.4 Å². The molecule has 1 aliphatic heterocycles. The van der Waals surface area contributed by atoms with E-state index in [9.17, 15) is 9.18 Å². The maximum Gasteiger partial charge on any atom is 0.272 e. The Kier molecular flexibility index (Phi) is 4.09. The van der Waals surface area contributed by atoms with Crippen molar-refractivity contribution >= 4 is 5.91 Å². The number of hydrogen-bond donors (Lipinski definition) is 0. The number of benzene rings is 1. The fourth-order valence-corrected chi connectivity index (χ4v) is 2.73. The molecule has 0 saturated carbocycles. The van der Waals surface area contributed by atoms with Gasteiger partial charge in [0.05, 0.1) is 6.04 Å². The molecule has 1 aliphatic rings. The van der Waals surface area contributed by atoms with E-state index in [-0.39, 0.29) is 17.8 Å². The van der Waals surface area contributed by atoms with E-state index in [2.05, 4.69) is 5.10 Å². The Bertz CT molecular complexity index is 654. The zero-order valence-corrected chi connectivity index (χ0v) is 12.4. The van der Waals surface area contributed by atoms with Crippen LogP contribution in [0, 0.1) is 5.82 Å². The Labute approximate surface area is 128 Å². The first-order valence-corrected chi connectivity index (χ1v) is 7.32. The average molecular weight is 303 g/mol. The summed E-state index contributed by atoms with van der Waals surface area (Å²) in [5, 5.41) is 4.04. The number of aromatic nitrogens is 2. The fraction of sp³-hybridized carbons (Fsp3) is 0.375. The molecule has 1 aromatic heterocycles. The third kappa shape index (κ3) is 2.95. The SMILES string of the molecule is Cn1nccc1C(=O)N1CCC[C@@H]1COc1ccc(F)cc1. The van der Waals surface area contributed by atoms with Crippen molar-refractivity contribution in [2.75, 3.05) is 13.2 Å². The van der Waals surface area contributed by atoms with Gasteiger partial charge in [0.25, 0.3) is 5.91 Å². The molecule has 1 aromatic carbocycles. The van der Waals surface area contributed by atoms with Gasteiger partial charge in [-0.1, -0.05) is 0 Å². The number of carbonyl (C=O) groups excluding carboxylic acids is 1. The normalized spacial score (nSPS) is 17.7. The van der Waals surface area contributed by atoms with E-state index in [1.807, 2.05) is 4.90 Å². The Morgan fingerprint density at radius 3 is 2.82 bits per heavy atom. The molecule has 0 unspecified atom stereocenters. The smallest absolute Gasteiger partial charge is 0.272 e. The highest BCUT2D eigenvalue weighted by molar-refractivity contribution is 5.92. The first-order chi connectivity index (χ1) is 10.6. The molecular formula is C16H18FN3O2. The molecule has 0 bridgehead atoms. The lowest BCUT2D eigenvalue weighted by Gasteiger charge is -2.24. The van der Waals surface area contributed by atoms with Crippen LogP contribution < -0.4 is 4.74 Å². The molecule has 1 atom stereocenters. The molecule has 0 N–H and O–H groups in total. The van der Waals surface area contributed by atoms with Crippen LogP contribution in [0.5, 0.6) is 5.75 Å². The van der Waals surface area contributed by atoms with Crippen LogP contribution in [0.3, 0.4) is 0 Å². The molecule has 1 saturated heterocycles. The number of nitrogens with zero attached hydrogens (tertiary/aromatic N) is 3. The summed E-state index contributed by atoms with van der Waals surface area (Å²) in [5.74, 6) is 0.299. The molecule has 2 aromatic rings. The first-order valence-electron chi connectivity index (χ1n) is 7.32. The van der Waals surface area contributed by atoms with Crippen molar-refractivity contribution in [2.24, 2.45) is 7.05 Å². The number of likely N-dealkylation sites (tertiary alicyclic amines) is 1. The lowest BCUT2D eigenvalue weighted by Crippen LogP contribution is -2.39. The first kappa shape index (κ1) is 14.6. The summed E-state index contributed by atoms with van der Waals surface area (Å²) in [6.45, 7) is 1.14. The van der Waals surface area contributed by atoms with Crippen LogP contribution in [0.15, 0.2) is 36.5 Å². The maximum atomic E-state index is 12.9. The van der Waals surface area contributed by atoms with Gasteiger partial charge in [-0.2, -0.15) is 5.10 Å². The zero-order chi connectivity index (χ0) is 15.5. The van der Waals surface area contributed by atoms with Crippen molar-refractivity contribution < 1.29 is 13.9 Å². The van der Waals surface area contributed by atoms with Gasteiger partial charge in [-0.25, -0.2) is 4.39 Å². The fourth-order valence-electron chi connectivity index (χ4n) is 2.73. The van der Waals surface area contributed by atoms with Crippen molar-refractivity contribution in [3.8, 4) is 5.75 Å². The molecule has 6 heteroatoms. The zero-order valence-electron chi connectivity index (χ0n) is 12.4. The molecule has 0 radical (unpaired) electrons. The topological polar surface area (TPSA) is 47.4 Å². The summed E-state index contributed by atoms with van der Waals surface area (Å²) in [4.78, 5) is 14.4. The van der Waals surface area contributed by atoms with Gasteiger partial charge < -0.3 is 9.64 Å². The van der Waals surface area contributed by atoms with Crippen molar-refractivity contribution in [3.63, 3.8) is 0 Å². The molecule has 5 nitrogen and oxygen atoms in total. The van der Waals surface area contributed by atoms with Gasteiger partial charge in [0.2, 0.25) is 0 Å². The van der Waals surface area contributed by atoms with Crippen molar-refractivity contribution in [3.05, 3.63) is 48.0 Å². The van der Waals surface area contributed by atoms with E-state index >= 15 is 0 Å². The highest BCUT2D eigenvalue weighted by Gasteiger charge is 2.31. The van der Waals surface area contributed by atoms with Crippen LogP contribution >= 0.6 is 0 Å². The van der Waals surface area contributed by atoms with Crippen molar-refractivity contribution in [1.29, 1.82) is 0 Å². The van der Waals surface area contributed by atoms with Crippen LogP contribution in [0.1, 0.15) is 23.3 Å². The Balaban J connectivity index is 1.64. The lowest BCUT2D eigenvalue weighted by molar-refractivity contribution is 0.0680. The summed E-state index contributed by atoms with van der Waals surface area (Å²) >= 11 is 0. The van der Waals surface area contributed by atoms with E-state index in [1.54, 1.807) is 36.1 Å². The second-order valence-electron chi connectivity index (χ2n) is 5.40. The third-order valence-corrected chi connectivity index (χ3v) is 3.93. The number of carbonyl (C=O) groups is 1. The lowest BCUT2D eigenvalue weighted by atomic mass is 10.2. The summed E-state index contributed by atoms with van der Waals surface area (Å²) in [6.07, 6.45) is 3.49. The van der Waals surface area contributed by atoms with Crippen molar-refractivity contribution in [1.82, 2.24) is 14.7 Å². The van der Waals surface area contributed by atoms with E-state index in [4.69, 9.17) is 4.74 Å². The molecule has 116 valence electrons. The van der Waals surface area contributed by atoms with Gasteiger partial charge in [0.1, 0.15) is 23.9 Å². The molecular weight excluding hydrogens is 285 g/mol. The van der Waals surface area contributed by atoms with Crippen LogP contribution in [-0.2, 0) is 7.05 Å². The molecule has 22 heavy (non-hydrogen) atoms. The minimum absolute atomic E-state index is 0.0230. The minimum atomic E-state index is -0.291. The number of halogens is 1.